The highest BCUT2D eigenvalue weighted by Crippen LogP contribution is 2.07. The number of nitrogens with zero attached hydrogens (tertiary/aromatic N) is 1. The Morgan fingerprint density at radius 1 is 1.58 bits per heavy atom. The molecule has 12 heavy (non-hydrogen) atoms. The molecule has 0 atom stereocenters. The molecule has 0 radical (unpaired) electrons. The van der Waals surface area contributed by atoms with E-state index in [9.17, 15) is 4.79 Å². The third-order valence-corrected chi connectivity index (χ3v) is 1.82. The molecule has 70 valence electrons. The number of hydrogen-bond donors (Lipinski definition) is 2. The molecule has 2 N–H and O–H groups in total. The molecule has 0 unspecified atom stereocenters. The third-order valence-electron chi connectivity index (χ3n) is 1.82. The SMILES string of the molecule is CN(O)C(=O)OC1CCNCC1. The molecule has 0 spiro atoms. The smallest absolute Gasteiger partial charge is 0.433 e. The summed E-state index contributed by atoms with van der Waals surface area (Å²) >= 11 is 0. The van der Waals surface area contributed by atoms with E-state index in [1.165, 1.54) is 7.05 Å². The summed E-state index contributed by atoms with van der Waals surface area (Å²) in [5.41, 5.74) is 0. The fraction of sp³-hybridized carbons (Fsp3) is 0.857. The molecule has 1 amide bonds. The first-order chi connectivity index (χ1) is 5.70. The van der Waals surface area contributed by atoms with Gasteiger partial charge in [0.25, 0.3) is 0 Å². The van der Waals surface area contributed by atoms with Crippen LogP contribution in [0, 0.1) is 0 Å². The van der Waals surface area contributed by atoms with Crippen molar-refractivity contribution in [1.29, 1.82) is 0 Å². The molecule has 5 nitrogen and oxygen atoms in total. The summed E-state index contributed by atoms with van der Waals surface area (Å²) in [6, 6.07) is 0. The Hall–Kier alpha value is -0.810. The molecular formula is C7H14N2O3. The Labute approximate surface area is 71.3 Å². The number of nitrogens with one attached hydrogen (secondary N) is 1. The number of hydroxylamine groups is 2. The molecule has 1 rings (SSSR count). The van der Waals surface area contributed by atoms with Gasteiger partial charge in [-0.15, -0.1) is 0 Å². The standard InChI is InChI=1S/C7H14N2O3/c1-9(11)7(10)12-6-2-4-8-5-3-6/h6,8,11H,2-5H2,1H3. The number of carbonyl (C=O) groups excluding carboxylic acids is 1. The van der Waals surface area contributed by atoms with Crippen molar-refractivity contribution in [1.82, 2.24) is 10.4 Å². The van der Waals surface area contributed by atoms with Crippen molar-refractivity contribution in [2.45, 2.75) is 18.9 Å². The first kappa shape index (κ1) is 9.28. The van der Waals surface area contributed by atoms with E-state index < -0.39 is 6.09 Å². The van der Waals surface area contributed by atoms with E-state index in [1.54, 1.807) is 0 Å². The highest BCUT2D eigenvalue weighted by atomic mass is 16.6. The predicted octanol–water partition coefficient (Wildman–Crippen LogP) is 0.196. The molecule has 0 aromatic carbocycles. The van der Waals surface area contributed by atoms with E-state index in [-0.39, 0.29) is 6.10 Å². The van der Waals surface area contributed by atoms with Crippen LogP contribution in [-0.4, -0.2) is 42.6 Å². The normalized spacial score (nSPS) is 18.8. The van der Waals surface area contributed by atoms with Gasteiger partial charge in [-0.1, -0.05) is 0 Å². The minimum atomic E-state index is -0.679. The van der Waals surface area contributed by atoms with Crippen LogP contribution in [0.15, 0.2) is 0 Å². The second kappa shape index (κ2) is 4.27. The predicted molar refractivity (Wildman–Crippen MR) is 41.9 cm³/mol. The number of amides is 1. The summed E-state index contributed by atoms with van der Waals surface area (Å²) in [4.78, 5) is 10.8. The van der Waals surface area contributed by atoms with Gasteiger partial charge < -0.3 is 10.1 Å². The van der Waals surface area contributed by atoms with Gasteiger partial charge in [0, 0.05) is 7.05 Å². The average molecular weight is 174 g/mol. The van der Waals surface area contributed by atoms with Crippen LogP contribution in [0.5, 0.6) is 0 Å². The van der Waals surface area contributed by atoms with E-state index in [4.69, 9.17) is 9.94 Å². The Balaban J connectivity index is 2.24. The van der Waals surface area contributed by atoms with Crippen molar-refractivity contribution in [3.05, 3.63) is 0 Å². The molecule has 1 aliphatic rings. The second-order valence-corrected chi connectivity index (χ2v) is 2.86. The van der Waals surface area contributed by atoms with Gasteiger partial charge in [-0.2, -0.15) is 5.06 Å². The second-order valence-electron chi connectivity index (χ2n) is 2.86. The quantitative estimate of drug-likeness (QED) is 0.440. The summed E-state index contributed by atoms with van der Waals surface area (Å²) in [7, 11) is 1.25. The maximum absolute atomic E-state index is 10.8. The Kier molecular flexibility index (Phi) is 3.31. The summed E-state index contributed by atoms with van der Waals surface area (Å²) < 4.78 is 4.95. The lowest BCUT2D eigenvalue weighted by Gasteiger charge is -2.23. The lowest BCUT2D eigenvalue weighted by Crippen LogP contribution is -2.36. The van der Waals surface area contributed by atoms with Crippen molar-refractivity contribution < 1.29 is 14.7 Å². The van der Waals surface area contributed by atoms with Crippen LogP contribution in [0.4, 0.5) is 4.79 Å². The zero-order valence-corrected chi connectivity index (χ0v) is 7.12. The molecule has 0 aromatic rings. The number of ether oxygens (including phenoxy) is 1. The van der Waals surface area contributed by atoms with Crippen molar-refractivity contribution in [2.75, 3.05) is 20.1 Å². The van der Waals surface area contributed by atoms with Gasteiger partial charge in [0.15, 0.2) is 0 Å². The first-order valence-corrected chi connectivity index (χ1v) is 4.04. The molecule has 5 heteroatoms. The zero-order chi connectivity index (χ0) is 8.97. The van der Waals surface area contributed by atoms with E-state index in [2.05, 4.69) is 5.32 Å². The van der Waals surface area contributed by atoms with Crippen molar-refractivity contribution in [2.24, 2.45) is 0 Å². The number of carbonyl (C=O) groups is 1. The fourth-order valence-corrected chi connectivity index (χ4v) is 1.13. The van der Waals surface area contributed by atoms with Gasteiger partial charge in [-0.3, -0.25) is 5.21 Å². The number of hydrogen-bond acceptors (Lipinski definition) is 4. The molecule has 0 saturated carbocycles. The van der Waals surface area contributed by atoms with Crippen LogP contribution < -0.4 is 5.32 Å². The fourth-order valence-electron chi connectivity index (χ4n) is 1.13. The van der Waals surface area contributed by atoms with E-state index in [0.29, 0.717) is 5.06 Å². The maximum Gasteiger partial charge on any atom is 0.433 e. The Morgan fingerprint density at radius 3 is 2.67 bits per heavy atom. The molecule has 1 heterocycles. The van der Waals surface area contributed by atoms with Crippen molar-refractivity contribution >= 4 is 6.09 Å². The molecule has 1 fully saturated rings. The van der Waals surface area contributed by atoms with Crippen LogP contribution >= 0.6 is 0 Å². The molecule has 0 aliphatic carbocycles. The number of piperidine rings is 1. The van der Waals surface area contributed by atoms with Gasteiger partial charge in [0.1, 0.15) is 6.10 Å². The van der Waals surface area contributed by atoms with Gasteiger partial charge in [-0.05, 0) is 25.9 Å². The Morgan fingerprint density at radius 2 is 2.17 bits per heavy atom. The summed E-state index contributed by atoms with van der Waals surface area (Å²) in [5, 5.41) is 12.3. The molecule has 1 saturated heterocycles. The Bertz CT molecular complexity index is 155. The highest BCUT2D eigenvalue weighted by Gasteiger charge is 2.18. The van der Waals surface area contributed by atoms with Crippen molar-refractivity contribution in [3.63, 3.8) is 0 Å². The molecule has 0 aromatic heterocycles. The van der Waals surface area contributed by atoms with E-state index >= 15 is 0 Å². The first-order valence-electron chi connectivity index (χ1n) is 4.04. The van der Waals surface area contributed by atoms with Crippen LogP contribution in [0.1, 0.15) is 12.8 Å². The third kappa shape index (κ3) is 2.67. The van der Waals surface area contributed by atoms with Crippen LogP contribution in [0.2, 0.25) is 0 Å². The van der Waals surface area contributed by atoms with Gasteiger partial charge in [-0.25, -0.2) is 4.79 Å². The van der Waals surface area contributed by atoms with E-state index in [1.807, 2.05) is 0 Å². The topological polar surface area (TPSA) is 61.8 Å². The minimum absolute atomic E-state index is 0.0478. The minimum Gasteiger partial charge on any atom is -0.445 e. The summed E-state index contributed by atoms with van der Waals surface area (Å²) in [6.07, 6.45) is 0.911. The molecule has 1 aliphatic heterocycles. The average Bonchev–Trinajstić information content (AvgIpc) is 2.06. The van der Waals surface area contributed by atoms with Crippen LogP contribution in [0.25, 0.3) is 0 Å². The molecular weight excluding hydrogens is 160 g/mol. The summed E-state index contributed by atoms with van der Waals surface area (Å²) in [6.45, 7) is 1.74. The van der Waals surface area contributed by atoms with Crippen molar-refractivity contribution in [3.8, 4) is 0 Å². The van der Waals surface area contributed by atoms with Crippen LogP contribution in [-0.2, 0) is 4.74 Å². The monoisotopic (exact) mass is 174 g/mol. The number of rotatable bonds is 1. The lowest BCUT2D eigenvalue weighted by molar-refractivity contribution is -0.0670. The zero-order valence-electron chi connectivity index (χ0n) is 7.12. The van der Waals surface area contributed by atoms with Crippen LogP contribution in [0.3, 0.4) is 0 Å². The van der Waals surface area contributed by atoms with E-state index in [0.717, 1.165) is 25.9 Å². The maximum atomic E-state index is 10.8. The molecule has 0 bridgehead atoms. The largest absolute Gasteiger partial charge is 0.445 e. The van der Waals surface area contributed by atoms with Gasteiger partial charge in [0.2, 0.25) is 0 Å². The highest BCUT2D eigenvalue weighted by molar-refractivity contribution is 5.65. The summed E-state index contributed by atoms with van der Waals surface area (Å²) in [5.74, 6) is 0. The lowest BCUT2D eigenvalue weighted by atomic mass is 10.1. The van der Waals surface area contributed by atoms with Gasteiger partial charge >= 0.3 is 6.09 Å². The van der Waals surface area contributed by atoms with Gasteiger partial charge in [0.05, 0.1) is 0 Å².